The van der Waals surface area contributed by atoms with Gasteiger partial charge in [-0.2, -0.15) is 0 Å². The molecule has 0 amide bonds. The summed E-state index contributed by atoms with van der Waals surface area (Å²) >= 11 is 6.20. The van der Waals surface area contributed by atoms with Crippen LogP contribution in [0.15, 0.2) is 40.5 Å². The molecule has 0 bridgehead atoms. The maximum absolute atomic E-state index is 13.5. The van der Waals surface area contributed by atoms with E-state index in [9.17, 15) is 14.4 Å². The summed E-state index contributed by atoms with van der Waals surface area (Å²) in [7, 11) is 1.27. The second kappa shape index (κ2) is 8.49. The van der Waals surface area contributed by atoms with Gasteiger partial charge in [0.05, 0.1) is 25.2 Å². The molecule has 1 saturated carbocycles. The third-order valence-corrected chi connectivity index (χ3v) is 5.81. The van der Waals surface area contributed by atoms with E-state index in [0.29, 0.717) is 34.0 Å². The molecule has 1 fully saturated rings. The molecule has 1 aromatic carbocycles. The normalized spacial score (nSPS) is 26.5. The Bertz CT molecular complexity index is 920. The van der Waals surface area contributed by atoms with Crippen LogP contribution in [-0.2, 0) is 23.9 Å². The second-order valence-corrected chi connectivity index (χ2v) is 7.85. The number of ketones is 1. The van der Waals surface area contributed by atoms with Gasteiger partial charge in [0.15, 0.2) is 5.78 Å². The van der Waals surface area contributed by atoms with Crippen molar-refractivity contribution in [2.75, 3.05) is 13.7 Å². The number of benzene rings is 1. The Hall–Kier alpha value is -2.47. The summed E-state index contributed by atoms with van der Waals surface area (Å²) in [6.07, 6.45) is 0.473. The van der Waals surface area contributed by atoms with Gasteiger partial charge in [-0.1, -0.05) is 30.7 Å². The predicted molar refractivity (Wildman–Crippen MR) is 109 cm³/mol. The number of esters is 2. The third-order valence-electron chi connectivity index (χ3n) is 5.58. The van der Waals surface area contributed by atoms with Gasteiger partial charge in [0, 0.05) is 22.3 Å². The van der Waals surface area contributed by atoms with Crippen LogP contribution < -0.4 is 0 Å². The zero-order valence-corrected chi connectivity index (χ0v) is 17.7. The Morgan fingerprint density at radius 2 is 2.00 bits per heavy atom. The van der Waals surface area contributed by atoms with Crippen LogP contribution in [0.1, 0.15) is 38.7 Å². The van der Waals surface area contributed by atoms with Gasteiger partial charge in [-0.3, -0.25) is 14.6 Å². The fourth-order valence-electron chi connectivity index (χ4n) is 4.37. The highest BCUT2D eigenvalue weighted by molar-refractivity contribution is 6.30. The summed E-state index contributed by atoms with van der Waals surface area (Å²) in [6.45, 7) is 5.51. The zero-order chi connectivity index (χ0) is 21.3. The molecular weight excluding hydrogens is 394 g/mol. The highest BCUT2D eigenvalue weighted by atomic mass is 35.5. The van der Waals surface area contributed by atoms with Crippen molar-refractivity contribution < 1.29 is 23.9 Å². The first-order valence-corrected chi connectivity index (χ1v) is 10.00. The van der Waals surface area contributed by atoms with E-state index in [4.69, 9.17) is 21.1 Å². The Kier molecular flexibility index (Phi) is 6.22. The molecule has 0 spiro atoms. The first-order valence-electron chi connectivity index (χ1n) is 9.62. The lowest BCUT2D eigenvalue weighted by molar-refractivity contribution is -0.152. The van der Waals surface area contributed by atoms with Gasteiger partial charge in [0.2, 0.25) is 0 Å². The van der Waals surface area contributed by atoms with E-state index in [1.165, 1.54) is 7.11 Å². The average molecular weight is 418 g/mol. The molecule has 0 saturated heterocycles. The highest BCUT2D eigenvalue weighted by Gasteiger charge is 2.51. The lowest BCUT2D eigenvalue weighted by Gasteiger charge is -2.40. The summed E-state index contributed by atoms with van der Waals surface area (Å²) < 4.78 is 10.1. The number of hydrogen-bond acceptors (Lipinski definition) is 6. The zero-order valence-electron chi connectivity index (χ0n) is 16.9. The highest BCUT2D eigenvalue weighted by Crippen LogP contribution is 2.46. The number of ether oxygens (including phenoxy) is 2. The summed E-state index contributed by atoms with van der Waals surface area (Å²) in [4.78, 5) is 43.2. The molecule has 3 rings (SSSR count). The van der Waals surface area contributed by atoms with Gasteiger partial charge in [-0.15, -0.1) is 0 Å². The number of allylic oxidation sites excluding steroid dienone is 1. The standard InChI is InChI=1S/C22H24ClNO5/c1-5-29-22(27)17-12(3)24-15-9-11(2)16(21(26)28-4)20(25)19(15)18(17)13-7-6-8-14(23)10-13/h6-8,10-11,16,18-19H,5,9H2,1-4H3/t11-,16+,18-,19+/m1/s1. The van der Waals surface area contributed by atoms with Gasteiger partial charge in [-0.25, -0.2) is 4.79 Å². The molecule has 4 atom stereocenters. The molecule has 1 aliphatic heterocycles. The molecule has 1 aliphatic carbocycles. The molecule has 29 heavy (non-hydrogen) atoms. The van der Waals surface area contributed by atoms with Crippen molar-refractivity contribution in [1.82, 2.24) is 0 Å². The van der Waals surface area contributed by atoms with Gasteiger partial charge in [0.25, 0.3) is 0 Å². The molecule has 6 nitrogen and oxygen atoms in total. The fourth-order valence-corrected chi connectivity index (χ4v) is 4.57. The molecular formula is C22H24ClNO5. The number of carbonyl (C=O) groups excluding carboxylic acids is 3. The Morgan fingerprint density at radius 1 is 1.28 bits per heavy atom. The number of methoxy groups -OCH3 is 1. The van der Waals surface area contributed by atoms with Crippen LogP contribution in [-0.4, -0.2) is 37.2 Å². The monoisotopic (exact) mass is 417 g/mol. The lowest BCUT2D eigenvalue weighted by atomic mass is 9.64. The van der Waals surface area contributed by atoms with E-state index in [1.807, 2.05) is 13.0 Å². The van der Waals surface area contributed by atoms with Crippen molar-refractivity contribution in [1.29, 1.82) is 0 Å². The van der Waals surface area contributed by atoms with E-state index in [2.05, 4.69) is 4.99 Å². The van der Waals surface area contributed by atoms with E-state index < -0.39 is 29.7 Å². The molecule has 0 unspecified atom stereocenters. The predicted octanol–water partition coefficient (Wildman–Crippen LogP) is 3.73. The number of carbonyl (C=O) groups is 3. The van der Waals surface area contributed by atoms with Crippen molar-refractivity contribution in [3.05, 3.63) is 46.1 Å². The minimum atomic E-state index is -0.896. The second-order valence-electron chi connectivity index (χ2n) is 7.42. The minimum absolute atomic E-state index is 0.203. The number of fused-ring (bicyclic) bond motifs is 1. The number of Topliss-reactive ketones (excluding diaryl/α,β-unsaturated/α-hetero) is 1. The number of halogens is 1. The van der Waals surface area contributed by atoms with Crippen molar-refractivity contribution in [3.8, 4) is 0 Å². The van der Waals surface area contributed by atoms with Crippen LogP contribution in [0.25, 0.3) is 0 Å². The van der Waals surface area contributed by atoms with Crippen LogP contribution in [0.4, 0.5) is 0 Å². The number of rotatable bonds is 4. The van der Waals surface area contributed by atoms with Crippen LogP contribution in [0, 0.1) is 17.8 Å². The van der Waals surface area contributed by atoms with Gasteiger partial charge in [-0.05, 0) is 43.9 Å². The van der Waals surface area contributed by atoms with Gasteiger partial charge in [0.1, 0.15) is 5.92 Å². The number of hydrogen-bond donors (Lipinski definition) is 0. The summed E-state index contributed by atoms with van der Waals surface area (Å²) in [5.41, 5.74) is 2.24. The van der Waals surface area contributed by atoms with E-state index in [-0.39, 0.29) is 18.3 Å². The van der Waals surface area contributed by atoms with E-state index in [0.717, 1.165) is 0 Å². The molecule has 0 N–H and O–H groups in total. The lowest BCUT2D eigenvalue weighted by Crippen LogP contribution is -2.48. The number of aliphatic imine (C=N–C) groups is 1. The summed E-state index contributed by atoms with van der Waals surface area (Å²) in [5, 5.41) is 0.494. The molecule has 154 valence electrons. The molecule has 2 aliphatic rings. The van der Waals surface area contributed by atoms with E-state index in [1.54, 1.807) is 32.0 Å². The van der Waals surface area contributed by atoms with Gasteiger partial charge < -0.3 is 9.47 Å². The SMILES string of the molecule is CCOC(=O)C1=C(C)N=C2C[C@@H](C)[C@H](C(=O)OC)C(=O)[C@@H]2[C@@H]1c1cccc(Cl)c1. The maximum atomic E-state index is 13.5. The van der Waals surface area contributed by atoms with Crippen molar-refractivity contribution in [2.45, 2.75) is 33.1 Å². The molecule has 0 aromatic heterocycles. The molecule has 1 heterocycles. The van der Waals surface area contributed by atoms with Crippen LogP contribution in [0.2, 0.25) is 5.02 Å². The fraction of sp³-hybridized carbons (Fsp3) is 0.455. The minimum Gasteiger partial charge on any atom is -0.468 e. The maximum Gasteiger partial charge on any atom is 0.336 e. The van der Waals surface area contributed by atoms with E-state index >= 15 is 0 Å². The third kappa shape index (κ3) is 3.86. The topological polar surface area (TPSA) is 82.0 Å². The molecule has 7 heteroatoms. The van der Waals surface area contributed by atoms with Crippen LogP contribution in [0.5, 0.6) is 0 Å². The summed E-state index contributed by atoms with van der Waals surface area (Å²) in [6, 6.07) is 7.06. The Morgan fingerprint density at radius 3 is 2.62 bits per heavy atom. The van der Waals surface area contributed by atoms with Crippen LogP contribution in [0.3, 0.4) is 0 Å². The first kappa shape index (κ1) is 21.2. The Labute approximate surface area is 174 Å². The average Bonchev–Trinajstić information content (AvgIpc) is 2.66. The van der Waals surface area contributed by atoms with Crippen LogP contribution >= 0.6 is 11.6 Å². The van der Waals surface area contributed by atoms with Crippen molar-refractivity contribution in [3.63, 3.8) is 0 Å². The van der Waals surface area contributed by atoms with Crippen molar-refractivity contribution in [2.24, 2.45) is 22.7 Å². The van der Waals surface area contributed by atoms with Crippen molar-refractivity contribution >= 4 is 35.0 Å². The van der Waals surface area contributed by atoms with Gasteiger partial charge >= 0.3 is 11.9 Å². The largest absolute Gasteiger partial charge is 0.468 e. The summed E-state index contributed by atoms with van der Waals surface area (Å²) in [5.74, 6) is -3.85. The molecule has 0 radical (unpaired) electrons. The smallest absolute Gasteiger partial charge is 0.336 e. The number of nitrogens with zero attached hydrogens (tertiary/aromatic N) is 1. The first-order chi connectivity index (χ1) is 13.8. The molecule has 1 aromatic rings. The quantitative estimate of drug-likeness (QED) is 0.550. The Balaban J connectivity index is 2.18.